The van der Waals surface area contributed by atoms with Gasteiger partial charge < -0.3 is 9.80 Å². The number of aryl methyl sites for hydroxylation is 8. The van der Waals surface area contributed by atoms with Gasteiger partial charge in [-0.05, 0) is 287 Å². The van der Waals surface area contributed by atoms with E-state index in [-0.39, 0.29) is 16.2 Å². The normalized spacial score (nSPS) is 16.2. The number of hydrogen-bond donors (Lipinski definition) is 0. The Morgan fingerprint density at radius 2 is 0.483 bits per heavy atom. The molecule has 2 fully saturated rings. The number of rotatable bonds is 10. The molecule has 5 aliphatic carbocycles. The maximum atomic E-state index is 2.57. The van der Waals surface area contributed by atoms with Crippen LogP contribution in [-0.4, -0.2) is 0 Å². The summed E-state index contributed by atoms with van der Waals surface area (Å²) in [5.41, 5.74) is 39.7. The zero-order chi connectivity index (χ0) is 61.1. The van der Waals surface area contributed by atoms with Crippen molar-refractivity contribution < 1.29 is 0 Å². The van der Waals surface area contributed by atoms with Crippen molar-refractivity contribution in [2.24, 2.45) is 0 Å². The average molecular weight is 1160 g/mol. The zero-order valence-corrected chi connectivity index (χ0v) is 54.1. The summed E-state index contributed by atoms with van der Waals surface area (Å²) < 4.78 is 0. The molecule has 2 heteroatoms. The first kappa shape index (κ1) is 56.8. The van der Waals surface area contributed by atoms with Crippen molar-refractivity contribution in [3.8, 4) is 33.4 Å². The number of fused-ring (bicyclic) bond motifs is 13. The van der Waals surface area contributed by atoms with E-state index in [0.29, 0.717) is 0 Å². The molecular formula is C87H84N2. The van der Waals surface area contributed by atoms with Crippen LogP contribution in [0.4, 0.5) is 34.1 Å². The molecule has 2 saturated carbocycles. The third kappa shape index (κ3) is 9.85. The van der Waals surface area contributed by atoms with Crippen molar-refractivity contribution in [1.82, 2.24) is 0 Å². The SMILES string of the molecule is Cc1cc(C)cc(N(c2cc(C)cc(C)c2)c2ccc3c(c2)C2(CCCCC2)c2cc(/C=C/c4ccc5c(c4)C(C)(C)c4cc(/C=C/c6ccc7c(c6)C6(CCCCC6)c6cc(N(c8cc(C)cc(C)c8)c8cc(C)cc(C)c8)ccc6-7)ccc4-5)ccc2-3)c1. The highest BCUT2D eigenvalue weighted by molar-refractivity contribution is 5.91. The molecule has 10 aromatic rings. The van der Waals surface area contributed by atoms with Gasteiger partial charge in [-0.3, -0.25) is 0 Å². The first-order chi connectivity index (χ1) is 43.0. The molecule has 0 N–H and O–H groups in total. The standard InChI is InChI=1S/C87H84N2/c1-55-37-56(2)42-69(41-55)88(70-43-57(3)38-58(4)44-70)67-25-31-77-75-29-23-65(51-81(75)86(83(77)53-67)33-13-11-14-34-86)19-17-63-21-27-73-74-28-22-64(50-80(74)85(9,10)79(73)49-63)18-20-66-24-30-76-78-32-26-68(54-84(78)87(82(76)52-66)35-15-12-16-36-87)89(71-45-59(5)39-60(6)46-71)72-47-61(7)40-62(8)48-72/h17-32,37-54H,11-16,33-36H2,1-10H3/b19-17+,20-18+. The number of nitrogens with zero attached hydrogens (tertiary/aromatic N) is 2. The summed E-state index contributed by atoms with van der Waals surface area (Å²) in [4.78, 5) is 5.01. The second-order valence-corrected chi connectivity index (χ2v) is 28.3. The molecule has 5 aliphatic rings. The van der Waals surface area contributed by atoms with E-state index < -0.39 is 0 Å². The van der Waals surface area contributed by atoms with Crippen molar-refractivity contribution in [2.45, 2.75) is 150 Å². The maximum absolute atomic E-state index is 2.57. The Kier molecular flexibility index (Phi) is 13.9. The Bertz CT molecular complexity index is 4110. The fourth-order valence-electron chi connectivity index (χ4n) is 17.5. The lowest BCUT2D eigenvalue weighted by molar-refractivity contribution is 0.353. The summed E-state index contributed by atoms with van der Waals surface area (Å²) in [7, 11) is 0. The largest absolute Gasteiger partial charge is 0.310 e. The molecule has 0 saturated heterocycles. The fraction of sp³-hybridized carbons (Fsp3) is 0.264. The first-order valence-electron chi connectivity index (χ1n) is 33.2. The van der Waals surface area contributed by atoms with Crippen LogP contribution >= 0.6 is 0 Å². The molecule has 0 heterocycles. The minimum absolute atomic E-state index is 0.000645. The summed E-state index contributed by atoms with van der Waals surface area (Å²) in [6, 6.07) is 71.7. The first-order valence-corrected chi connectivity index (χ1v) is 33.2. The van der Waals surface area contributed by atoms with Gasteiger partial charge in [-0.1, -0.05) is 186 Å². The molecular weight excluding hydrogens is 1070 g/mol. The zero-order valence-electron chi connectivity index (χ0n) is 54.1. The van der Waals surface area contributed by atoms with Crippen molar-refractivity contribution in [3.63, 3.8) is 0 Å². The van der Waals surface area contributed by atoms with Crippen molar-refractivity contribution in [2.75, 3.05) is 9.80 Å². The molecule has 0 aliphatic heterocycles. The summed E-state index contributed by atoms with van der Waals surface area (Å²) in [5, 5.41) is 0. The molecule has 442 valence electrons. The highest BCUT2D eigenvalue weighted by Crippen LogP contribution is 2.60. The van der Waals surface area contributed by atoms with Crippen LogP contribution in [0.1, 0.15) is 178 Å². The van der Waals surface area contributed by atoms with E-state index in [0.717, 1.165) is 0 Å². The Morgan fingerprint density at radius 3 is 0.764 bits per heavy atom. The van der Waals surface area contributed by atoms with Gasteiger partial charge in [0, 0.05) is 50.4 Å². The van der Waals surface area contributed by atoms with E-state index in [4.69, 9.17) is 0 Å². The van der Waals surface area contributed by atoms with Gasteiger partial charge in [0.1, 0.15) is 0 Å². The van der Waals surface area contributed by atoms with E-state index >= 15 is 0 Å². The van der Waals surface area contributed by atoms with Gasteiger partial charge in [0.25, 0.3) is 0 Å². The molecule has 89 heavy (non-hydrogen) atoms. The van der Waals surface area contributed by atoms with Crippen LogP contribution in [0.5, 0.6) is 0 Å². The predicted molar refractivity (Wildman–Crippen MR) is 381 cm³/mol. The van der Waals surface area contributed by atoms with Crippen LogP contribution in [0, 0.1) is 55.4 Å². The molecule has 2 nitrogen and oxygen atoms in total. The van der Waals surface area contributed by atoms with E-state index in [1.807, 2.05) is 0 Å². The van der Waals surface area contributed by atoms with Crippen molar-refractivity contribution in [1.29, 1.82) is 0 Å². The van der Waals surface area contributed by atoms with Crippen LogP contribution in [0.2, 0.25) is 0 Å². The lowest BCUT2D eigenvalue weighted by atomic mass is 9.67. The minimum Gasteiger partial charge on any atom is -0.310 e. The second-order valence-electron chi connectivity index (χ2n) is 28.3. The molecule has 0 bridgehead atoms. The molecule has 15 rings (SSSR count). The summed E-state index contributed by atoms with van der Waals surface area (Å²) >= 11 is 0. The van der Waals surface area contributed by atoms with Crippen LogP contribution in [0.15, 0.2) is 182 Å². The lowest BCUT2D eigenvalue weighted by Crippen LogP contribution is -2.28. The molecule has 0 radical (unpaired) electrons. The number of hydrogen-bond acceptors (Lipinski definition) is 2. The monoisotopic (exact) mass is 1160 g/mol. The minimum atomic E-state index is -0.146. The average Bonchev–Trinajstić information content (AvgIpc) is 1.59. The molecule has 2 spiro atoms. The van der Waals surface area contributed by atoms with Crippen LogP contribution in [0.3, 0.4) is 0 Å². The van der Waals surface area contributed by atoms with Gasteiger partial charge in [0.2, 0.25) is 0 Å². The Morgan fingerprint density at radius 1 is 0.247 bits per heavy atom. The van der Waals surface area contributed by atoms with Gasteiger partial charge in [-0.25, -0.2) is 0 Å². The summed E-state index contributed by atoms with van der Waals surface area (Å²) in [6.07, 6.45) is 21.8. The molecule has 10 aromatic carbocycles. The van der Waals surface area contributed by atoms with E-state index in [1.54, 1.807) is 0 Å². The smallest absolute Gasteiger partial charge is 0.0466 e. The predicted octanol–water partition coefficient (Wildman–Crippen LogP) is 24.2. The lowest BCUT2D eigenvalue weighted by Gasteiger charge is -2.37. The number of anilines is 6. The summed E-state index contributed by atoms with van der Waals surface area (Å²) in [5.74, 6) is 0. The Balaban J connectivity index is 0.698. The molecule has 0 amide bonds. The third-order valence-corrected chi connectivity index (χ3v) is 21.2. The Labute approximate surface area is 530 Å². The van der Waals surface area contributed by atoms with Crippen LogP contribution < -0.4 is 9.80 Å². The second kappa shape index (κ2) is 21.8. The highest BCUT2D eigenvalue weighted by Gasteiger charge is 2.46. The quantitative estimate of drug-likeness (QED) is 0.126. The number of benzene rings is 10. The molecule has 0 aromatic heterocycles. The van der Waals surface area contributed by atoms with Crippen molar-refractivity contribution in [3.05, 3.63) is 282 Å². The molecule has 0 unspecified atom stereocenters. The Hall–Kier alpha value is -8.72. The fourth-order valence-corrected chi connectivity index (χ4v) is 17.5. The van der Waals surface area contributed by atoms with Gasteiger partial charge >= 0.3 is 0 Å². The van der Waals surface area contributed by atoms with Gasteiger partial charge in [0.05, 0.1) is 0 Å². The summed E-state index contributed by atoms with van der Waals surface area (Å²) in [6.45, 7) is 22.6. The van der Waals surface area contributed by atoms with Crippen LogP contribution in [-0.2, 0) is 16.2 Å². The van der Waals surface area contributed by atoms with E-state index in [1.165, 1.54) is 232 Å². The van der Waals surface area contributed by atoms with Gasteiger partial charge in [-0.15, -0.1) is 0 Å². The maximum Gasteiger partial charge on any atom is 0.0466 e. The highest BCUT2D eigenvalue weighted by atomic mass is 15.1. The van der Waals surface area contributed by atoms with Gasteiger partial charge in [-0.2, -0.15) is 0 Å². The van der Waals surface area contributed by atoms with Gasteiger partial charge in [0.15, 0.2) is 0 Å². The van der Waals surface area contributed by atoms with E-state index in [2.05, 4.69) is 285 Å². The third-order valence-electron chi connectivity index (χ3n) is 21.2. The van der Waals surface area contributed by atoms with Crippen molar-refractivity contribution >= 4 is 58.4 Å². The van der Waals surface area contributed by atoms with Crippen LogP contribution in [0.25, 0.3) is 57.7 Å². The topological polar surface area (TPSA) is 6.48 Å². The van der Waals surface area contributed by atoms with E-state index in [9.17, 15) is 0 Å². The molecule has 0 atom stereocenters.